The highest BCUT2D eigenvalue weighted by molar-refractivity contribution is 9.10. The molecule has 1 unspecified atom stereocenters. The van der Waals surface area contributed by atoms with Gasteiger partial charge in [0.25, 0.3) is 0 Å². The van der Waals surface area contributed by atoms with Gasteiger partial charge in [0, 0.05) is 16.1 Å². The van der Waals surface area contributed by atoms with Crippen molar-refractivity contribution in [2.45, 2.75) is 26.5 Å². The molecule has 0 saturated carbocycles. The van der Waals surface area contributed by atoms with E-state index in [9.17, 15) is 4.39 Å². The molecule has 0 fully saturated rings. The minimum atomic E-state index is -0.241. The largest absolute Gasteiger partial charge is 0.488 e. The highest BCUT2D eigenvalue weighted by atomic mass is 79.9. The number of rotatable bonds is 6. The molecule has 0 aliphatic heterocycles. The van der Waals surface area contributed by atoms with Crippen molar-refractivity contribution in [1.29, 1.82) is 0 Å². The molecule has 2 rings (SSSR count). The average molecular weight is 352 g/mol. The summed E-state index contributed by atoms with van der Waals surface area (Å²) in [4.78, 5) is 0. The van der Waals surface area contributed by atoms with E-state index in [-0.39, 0.29) is 11.9 Å². The standard InChI is InChI=1S/C17H19BrFNO/c1-3-20-12(2)17-15(19)8-5-9-16(17)21-11-13-6-4-7-14(18)10-13/h4-10,12,20H,3,11H2,1-2H3. The predicted octanol–water partition coefficient (Wildman–Crippen LogP) is 4.84. The van der Waals surface area contributed by atoms with E-state index in [2.05, 4.69) is 21.2 Å². The molecular formula is C17H19BrFNO. The number of ether oxygens (including phenoxy) is 1. The van der Waals surface area contributed by atoms with Crippen molar-refractivity contribution in [2.75, 3.05) is 6.54 Å². The SMILES string of the molecule is CCNC(C)c1c(F)cccc1OCc1cccc(Br)c1. The normalized spacial score (nSPS) is 12.2. The first-order chi connectivity index (χ1) is 10.1. The van der Waals surface area contributed by atoms with Gasteiger partial charge >= 0.3 is 0 Å². The van der Waals surface area contributed by atoms with Crippen molar-refractivity contribution in [3.63, 3.8) is 0 Å². The summed E-state index contributed by atoms with van der Waals surface area (Å²) in [6.07, 6.45) is 0. The molecule has 0 radical (unpaired) electrons. The van der Waals surface area contributed by atoms with E-state index < -0.39 is 0 Å². The Morgan fingerprint density at radius 2 is 2.00 bits per heavy atom. The van der Waals surface area contributed by atoms with Crippen molar-refractivity contribution in [3.8, 4) is 5.75 Å². The minimum absolute atomic E-state index is 0.0892. The van der Waals surface area contributed by atoms with Crippen molar-refractivity contribution < 1.29 is 9.13 Å². The molecule has 4 heteroatoms. The Morgan fingerprint density at radius 1 is 1.24 bits per heavy atom. The molecule has 2 aromatic carbocycles. The summed E-state index contributed by atoms with van der Waals surface area (Å²) >= 11 is 3.43. The molecule has 0 heterocycles. The second-order valence-electron chi connectivity index (χ2n) is 4.85. The maximum atomic E-state index is 14.1. The number of hydrogen-bond donors (Lipinski definition) is 1. The van der Waals surface area contributed by atoms with Crippen LogP contribution >= 0.6 is 15.9 Å². The summed E-state index contributed by atoms with van der Waals surface area (Å²) in [5, 5.41) is 3.22. The van der Waals surface area contributed by atoms with Gasteiger partial charge in [-0.1, -0.05) is 41.1 Å². The zero-order valence-electron chi connectivity index (χ0n) is 12.2. The molecule has 1 atom stereocenters. The van der Waals surface area contributed by atoms with Gasteiger partial charge in [-0.15, -0.1) is 0 Å². The Bertz CT molecular complexity index is 603. The first-order valence-electron chi connectivity index (χ1n) is 7.01. The van der Waals surface area contributed by atoms with Crippen molar-refractivity contribution >= 4 is 15.9 Å². The Hall–Kier alpha value is -1.39. The lowest BCUT2D eigenvalue weighted by Gasteiger charge is -2.18. The van der Waals surface area contributed by atoms with Gasteiger partial charge in [-0.05, 0) is 43.3 Å². The van der Waals surface area contributed by atoms with Gasteiger partial charge < -0.3 is 10.1 Å². The summed E-state index contributed by atoms with van der Waals surface area (Å²) in [7, 11) is 0. The number of halogens is 2. The van der Waals surface area contributed by atoms with Crippen LogP contribution in [0.15, 0.2) is 46.9 Å². The lowest BCUT2D eigenvalue weighted by atomic mass is 10.1. The third kappa shape index (κ3) is 4.29. The maximum Gasteiger partial charge on any atom is 0.131 e. The summed E-state index contributed by atoms with van der Waals surface area (Å²) in [6, 6.07) is 12.8. The zero-order chi connectivity index (χ0) is 15.2. The number of nitrogens with one attached hydrogen (secondary N) is 1. The van der Waals surface area contributed by atoms with Gasteiger partial charge in [-0.2, -0.15) is 0 Å². The van der Waals surface area contributed by atoms with Crippen LogP contribution in [0.2, 0.25) is 0 Å². The third-order valence-corrected chi connectivity index (χ3v) is 3.73. The maximum absolute atomic E-state index is 14.1. The molecule has 0 aliphatic rings. The van der Waals surface area contributed by atoms with Gasteiger partial charge in [0.15, 0.2) is 0 Å². The molecule has 0 aromatic heterocycles. The smallest absolute Gasteiger partial charge is 0.131 e. The van der Waals surface area contributed by atoms with Crippen LogP contribution in [-0.4, -0.2) is 6.54 Å². The number of benzene rings is 2. The third-order valence-electron chi connectivity index (χ3n) is 3.24. The van der Waals surface area contributed by atoms with Crippen molar-refractivity contribution in [3.05, 3.63) is 63.9 Å². The van der Waals surface area contributed by atoms with Crippen LogP contribution in [0.1, 0.15) is 31.0 Å². The van der Waals surface area contributed by atoms with E-state index in [1.807, 2.05) is 44.2 Å². The fraction of sp³-hybridized carbons (Fsp3) is 0.294. The van der Waals surface area contributed by atoms with Crippen LogP contribution in [0, 0.1) is 5.82 Å². The van der Waals surface area contributed by atoms with Crippen LogP contribution in [0.5, 0.6) is 5.75 Å². The van der Waals surface area contributed by atoms with Crippen LogP contribution in [-0.2, 0) is 6.61 Å². The minimum Gasteiger partial charge on any atom is -0.488 e. The van der Waals surface area contributed by atoms with E-state index in [1.54, 1.807) is 6.07 Å². The summed E-state index contributed by atoms with van der Waals surface area (Å²) in [5.74, 6) is 0.346. The van der Waals surface area contributed by atoms with Gasteiger partial charge in [0.1, 0.15) is 18.2 Å². The zero-order valence-corrected chi connectivity index (χ0v) is 13.8. The quantitative estimate of drug-likeness (QED) is 0.803. The van der Waals surface area contributed by atoms with E-state index >= 15 is 0 Å². The second-order valence-corrected chi connectivity index (χ2v) is 5.77. The monoisotopic (exact) mass is 351 g/mol. The second kappa shape index (κ2) is 7.57. The highest BCUT2D eigenvalue weighted by Gasteiger charge is 2.16. The molecule has 0 aliphatic carbocycles. The summed E-state index contributed by atoms with van der Waals surface area (Å²) < 4.78 is 20.9. The topological polar surface area (TPSA) is 21.3 Å². The Kier molecular flexibility index (Phi) is 5.76. The van der Waals surface area contributed by atoms with E-state index in [1.165, 1.54) is 6.07 Å². The molecule has 21 heavy (non-hydrogen) atoms. The van der Waals surface area contributed by atoms with E-state index in [0.29, 0.717) is 17.9 Å². The Labute approximate surface area is 133 Å². The van der Waals surface area contributed by atoms with Gasteiger partial charge in [0.2, 0.25) is 0 Å². The van der Waals surface area contributed by atoms with Crippen LogP contribution in [0.3, 0.4) is 0 Å². The van der Waals surface area contributed by atoms with Crippen molar-refractivity contribution in [1.82, 2.24) is 5.32 Å². The van der Waals surface area contributed by atoms with Crippen molar-refractivity contribution in [2.24, 2.45) is 0 Å². The number of hydrogen-bond acceptors (Lipinski definition) is 2. The fourth-order valence-electron chi connectivity index (χ4n) is 2.26. The highest BCUT2D eigenvalue weighted by Crippen LogP contribution is 2.28. The molecular weight excluding hydrogens is 333 g/mol. The Balaban J connectivity index is 2.18. The molecule has 2 aromatic rings. The molecule has 0 saturated heterocycles. The molecule has 0 spiro atoms. The molecule has 0 bridgehead atoms. The van der Waals surface area contributed by atoms with Crippen LogP contribution in [0.25, 0.3) is 0 Å². The van der Waals surface area contributed by atoms with E-state index in [4.69, 9.17) is 4.74 Å². The molecule has 1 N–H and O–H groups in total. The summed E-state index contributed by atoms with van der Waals surface area (Å²) in [5.41, 5.74) is 1.62. The molecule has 2 nitrogen and oxygen atoms in total. The van der Waals surface area contributed by atoms with Crippen LogP contribution < -0.4 is 10.1 Å². The molecule has 0 amide bonds. The van der Waals surface area contributed by atoms with Gasteiger partial charge in [-0.3, -0.25) is 0 Å². The lowest BCUT2D eigenvalue weighted by molar-refractivity contribution is 0.297. The van der Waals surface area contributed by atoms with E-state index in [0.717, 1.165) is 16.6 Å². The fourth-order valence-corrected chi connectivity index (χ4v) is 2.71. The first-order valence-corrected chi connectivity index (χ1v) is 7.80. The molecule has 112 valence electrons. The van der Waals surface area contributed by atoms with Crippen LogP contribution in [0.4, 0.5) is 4.39 Å². The summed E-state index contributed by atoms with van der Waals surface area (Å²) in [6.45, 7) is 5.13. The van der Waals surface area contributed by atoms with Gasteiger partial charge in [0.05, 0.1) is 0 Å². The predicted molar refractivity (Wildman–Crippen MR) is 87.0 cm³/mol. The van der Waals surface area contributed by atoms with Gasteiger partial charge in [-0.25, -0.2) is 4.39 Å². The Morgan fingerprint density at radius 3 is 2.71 bits per heavy atom. The first kappa shape index (κ1) is 16.0. The lowest BCUT2D eigenvalue weighted by Crippen LogP contribution is -2.19. The average Bonchev–Trinajstić information content (AvgIpc) is 2.45.